The van der Waals surface area contributed by atoms with Gasteiger partial charge < -0.3 is 10.2 Å². The lowest BCUT2D eigenvalue weighted by Gasteiger charge is -2.23. The topological polar surface area (TPSA) is 75.5 Å². The number of benzene rings is 1. The van der Waals surface area contributed by atoms with Gasteiger partial charge in [-0.1, -0.05) is 0 Å². The minimum atomic E-state index is -0.450. The van der Waals surface area contributed by atoms with Gasteiger partial charge >= 0.3 is 0 Å². The highest BCUT2D eigenvalue weighted by atomic mass is 16.6. The van der Waals surface area contributed by atoms with Crippen LogP contribution in [-0.2, 0) is 4.79 Å². The Balaban J connectivity index is 2.12. The van der Waals surface area contributed by atoms with Crippen LogP contribution in [-0.4, -0.2) is 30.5 Å². The number of carbonyl (C=O) groups excluding carboxylic acids is 1. The first-order valence-corrected chi connectivity index (χ1v) is 6.26. The summed E-state index contributed by atoms with van der Waals surface area (Å²) >= 11 is 0. The predicted molar refractivity (Wildman–Crippen MR) is 72.1 cm³/mol. The summed E-state index contributed by atoms with van der Waals surface area (Å²) < 4.78 is 0. The first-order chi connectivity index (χ1) is 9.00. The van der Waals surface area contributed by atoms with Gasteiger partial charge in [0.05, 0.1) is 10.8 Å². The van der Waals surface area contributed by atoms with Crippen molar-refractivity contribution < 1.29 is 9.72 Å². The van der Waals surface area contributed by atoms with E-state index in [9.17, 15) is 14.9 Å². The number of nitrogens with one attached hydrogen (secondary N) is 1. The minimum absolute atomic E-state index is 0.0276. The molecule has 1 aliphatic rings. The minimum Gasteiger partial charge on any atom is -0.315 e. The lowest BCUT2D eigenvalue weighted by Crippen LogP contribution is -2.38. The number of non-ortho nitro benzene ring substituents is 1. The molecule has 2 unspecified atom stereocenters. The lowest BCUT2D eigenvalue weighted by atomic mass is 10.0. The van der Waals surface area contributed by atoms with Gasteiger partial charge in [-0.2, -0.15) is 0 Å². The summed E-state index contributed by atoms with van der Waals surface area (Å²) in [6.07, 6.45) is 0.831. The average molecular weight is 263 g/mol. The summed E-state index contributed by atoms with van der Waals surface area (Å²) in [5.74, 6) is 0.0199. The summed E-state index contributed by atoms with van der Waals surface area (Å²) in [5, 5.41) is 13.8. The maximum atomic E-state index is 12.3. The van der Waals surface area contributed by atoms with Crippen molar-refractivity contribution in [1.82, 2.24) is 5.32 Å². The molecule has 1 N–H and O–H groups in total. The van der Waals surface area contributed by atoms with Gasteiger partial charge in [0.25, 0.3) is 5.69 Å². The molecule has 1 amide bonds. The van der Waals surface area contributed by atoms with E-state index in [0.29, 0.717) is 5.69 Å². The van der Waals surface area contributed by atoms with E-state index in [1.54, 1.807) is 24.1 Å². The van der Waals surface area contributed by atoms with E-state index in [-0.39, 0.29) is 23.6 Å². The van der Waals surface area contributed by atoms with Gasteiger partial charge in [-0.05, 0) is 32.0 Å². The quantitative estimate of drug-likeness (QED) is 0.663. The highest BCUT2D eigenvalue weighted by Gasteiger charge is 2.31. The summed E-state index contributed by atoms with van der Waals surface area (Å²) in [4.78, 5) is 24.0. The van der Waals surface area contributed by atoms with Crippen molar-refractivity contribution in [2.24, 2.45) is 5.92 Å². The van der Waals surface area contributed by atoms with Gasteiger partial charge in [0.2, 0.25) is 5.91 Å². The number of carbonyl (C=O) groups is 1. The van der Waals surface area contributed by atoms with E-state index in [1.807, 2.05) is 6.92 Å². The smallest absolute Gasteiger partial charge is 0.269 e. The molecular weight excluding hydrogens is 246 g/mol. The molecule has 1 aromatic rings. The molecule has 1 saturated heterocycles. The molecule has 0 saturated carbocycles. The Morgan fingerprint density at radius 1 is 1.42 bits per heavy atom. The first-order valence-electron chi connectivity index (χ1n) is 6.26. The Labute approximate surface area is 111 Å². The molecule has 0 aliphatic carbocycles. The number of nitrogens with zero attached hydrogens (tertiary/aromatic N) is 2. The molecule has 0 radical (unpaired) electrons. The number of nitro groups is 1. The lowest BCUT2D eigenvalue weighted by molar-refractivity contribution is -0.384. The van der Waals surface area contributed by atoms with E-state index < -0.39 is 4.92 Å². The number of hydrogen-bond donors (Lipinski definition) is 1. The number of rotatable bonds is 3. The molecule has 102 valence electrons. The Morgan fingerprint density at radius 2 is 2.05 bits per heavy atom. The maximum absolute atomic E-state index is 12.3. The van der Waals surface area contributed by atoms with E-state index in [4.69, 9.17) is 0 Å². The number of hydrogen-bond acceptors (Lipinski definition) is 4. The zero-order valence-corrected chi connectivity index (χ0v) is 11.0. The van der Waals surface area contributed by atoms with E-state index >= 15 is 0 Å². The van der Waals surface area contributed by atoms with Gasteiger partial charge in [-0.3, -0.25) is 14.9 Å². The van der Waals surface area contributed by atoms with Crippen molar-refractivity contribution in [3.63, 3.8) is 0 Å². The highest BCUT2D eigenvalue weighted by Crippen LogP contribution is 2.23. The third-order valence-electron chi connectivity index (χ3n) is 3.62. The third kappa shape index (κ3) is 2.73. The van der Waals surface area contributed by atoms with Crippen LogP contribution in [0.1, 0.15) is 13.3 Å². The Morgan fingerprint density at radius 3 is 2.53 bits per heavy atom. The maximum Gasteiger partial charge on any atom is 0.269 e. The van der Waals surface area contributed by atoms with Crippen LogP contribution in [0.4, 0.5) is 11.4 Å². The van der Waals surface area contributed by atoms with Crippen molar-refractivity contribution in [2.45, 2.75) is 19.4 Å². The van der Waals surface area contributed by atoms with Crippen molar-refractivity contribution in [2.75, 3.05) is 18.5 Å². The normalized spacial score (nSPS) is 22.2. The molecule has 0 bridgehead atoms. The van der Waals surface area contributed by atoms with Crippen molar-refractivity contribution >= 4 is 17.3 Å². The molecule has 0 spiro atoms. The molecule has 0 aromatic heterocycles. The van der Waals surface area contributed by atoms with Crippen LogP contribution < -0.4 is 10.2 Å². The van der Waals surface area contributed by atoms with Gasteiger partial charge in [0.15, 0.2) is 0 Å². The third-order valence-corrected chi connectivity index (χ3v) is 3.62. The van der Waals surface area contributed by atoms with Crippen molar-refractivity contribution in [3.8, 4) is 0 Å². The fraction of sp³-hybridized carbons (Fsp3) is 0.462. The molecule has 2 atom stereocenters. The van der Waals surface area contributed by atoms with Crippen LogP contribution >= 0.6 is 0 Å². The molecule has 1 aromatic carbocycles. The molecule has 1 heterocycles. The Bertz CT molecular complexity index is 486. The van der Waals surface area contributed by atoms with Crippen molar-refractivity contribution in [1.29, 1.82) is 0 Å². The van der Waals surface area contributed by atoms with Crippen molar-refractivity contribution in [3.05, 3.63) is 34.4 Å². The van der Waals surface area contributed by atoms with Gasteiger partial charge in [-0.25, -0.2) is 0 Å². The summed E-state index contributed by atoms with van der Waals surface area (Å²) in [5.41, 5.74) is 0.704. The Kier molecular flexibility index (Phi) is 3.80. The van der Waals surface area contributed by atoms with Crippen LogP contribution in [0, 0.1) is 16.0 Å². The molecule has 6 nitrogen and oxygen atoms in total. The number of anilines is 1. The van der Waals surface area contributed by atoms with Crippen LogP contribution in [0.5, 0.6) is 0 Å². The van der Waals surface area contributed by atoms with Crippen LogP contribution in [0.2, 0.25) is 0 Å². The Hall–Kier alpha value is -1.95. The van der Waals surface area contributed by atoms with E-state index in [2.05, 4.69) is 5.32 Å². The fourth-order valence-electron chi connectivity index (χ4n) is 2.37. The standard InChI is InChI=1S/C13H17N3O3/c1-9-12(7-8-14-9)13(17)15(2)10-3-5-11(6-4-10)16(18)19/h3-6,9,12,14H,7-8H2,1-2H3. The monoisotopic (exact) mass is 263 g/mol. The zero-order chi connectivity index (χ0) is 14.0. The largest absolute Gasteiger partial charge is 0.315 e. The number of amides is 1. The molecule has 6 heteroatoms. The molecule has 2 rings (SSSR count). The second-order valence-corrected chi connectivity index (χ2v) is 4.81. The SMILES string of the molecule is CC1NCCC1C(=O)N(C)c1ccc([N+](=O)[O-])cc1. The zero-order valence-electron chi connectivity index (χ0n) is 11.0. The van der Waals surface area contributed by atoms with Gasteiger partial charge in [0.1, 0.15) is 0 Å². The summed E-state index contributed by atoms with van der Waals surface area (Å²) in [7, 11) is 1.70. The van der Waals surface area contributed by atoms with E-state index in [0.717, 1.165) is 13.0 Å². The van der Waals surface area contributed by atoms with Gasteiger partial charge in [0, 0.05) is 30.9 Å². The molecular formula is C13H17N3O3. The molecule has 1 fully saturated rings. The highest BCUT2D eigenvalue weighted by molar-refractivity contribution is 5.95. The van der Waals surface area contributed by atoms with Crippen LogP contribution in [0.15, 0.2) is 24.3 Å². The average Bonchev–Trinajstić information content (AvgIpc) is 2.83. The first kappa shape index (κ1) is 13.5. The second kappa shape index (κ2) is 5.36. The second-order valence-electron chi connectivity index (χ2n) is 4.81. The summed E-state index contributed by atoms with van der Waals surface area (Å²) in [6.45, 7) is 2.85. The van der Waals surface area contributed by atoms with E-state index in [1.165, 1.54) is 12.1 Å². The summed E-state index contributed by atoms with van der Waals surface area (Å²) in [6, 6.07) is 6.20. The predicted octanol–water partition coefficient (Wildman–Crippen LogP) is 1.56. The van der Waals surface area contributed by atoms with Gasteiger partial charge in [-0.15, -0.1) is 0 Å². The van der Waals surface area contributed by atoms with Crippen LogP contribution in [0.3, 0.4) is 0 Å². The number of nitro benzene ring substituents is 1. The molecule has 19 heavy (non-hydrogen) atoms. The fourth-order valence-corrected chi connectivity index (χ4v) is 2.37. The van der Waals surface area contributed by atoms with Crippen LogP contribution in [0.25, 0.3) is 0 Å². The molecule has 1 aliphatic heterocycles.